The molecule has 6 aromatic carbocycles. The molecule has 0 fully saturated rings. The Kier molecular flexibility index (Phi) is 5.53. The molecule has 0 saturated heterocycles. The van der Waals surface area contributed by atoms with E-state index in [1.807, 2.05) is 0 Å². The Hall–Kier alpha value is -5.08. The molecular weight excluding hydrogens is 496 g/mol. The summed E-state index contributed by atoms with van der Waals surface area (Å²) in [6, 6.07) is 50.9. The van der Waals surface area contributed by atoms with Crippen LogP contribution in [0.1, 0.15) is 18.9 Å². The molecule has 2 heteroatoms. The van der Waals surface area contributed by atoms with Gasteiger partial charge in [0.05, 0.1) is 27.8 Å². The van der Waals surface area contributed by atoms with E-state index in [1.54, 1.807) is 0 Å². The predicted octanol–water partition coefficient (Wildman–Crippen LogP) is 10.5. The molecule has 8 aromatic rings. The molecule has 41 heavy (non-hydrogen) atoms. The Labute approximate surface area is 239 Å². The number of aryl methyl sites for hydroxylation is 1. The van der Waals surface area contributed by atoms with Gasteiger partial charge in [0.25, 0.3) is 0 Å². The van der Waals surface area contributed by atoms with Gasteiger partial charge in [-0.2, -0.15) is 0 Å². The van der Waals surface area contributed by atoms with Gasteiger partial charge >= 0.3 is 0 Å². The van der Waals surface area contributed by atoms with E-state index in [4.69, 9.17) is 0 Å². The van der Waals surface area contributed by atoms with Crippen LogP contribution < -0.4 is 0 Å². The number of fused-ring (bicyclic) bond motifs is 7. The van der Waals surface area contributed by atoms with Crippen LogP contribution in [0.5, 0.6) is 0 Å². The number of para-hydroxylation sites is 4. The third-order valence-corrected chi connectivity index (χ3v) is 8.41. The van der Waals surface area contributed by atoms with Crippen LogP contribution in [0.4, 0.5) is 0 Å². The molecule has 0 bridgehead atoms. The zero-order valence-corrected chi connectivity index (χ0v) is 23.1. The molecule has 0 N–H and O–H groups in total. The molecule has 2 nitrogen and oxygen atoms in total. The van der Waals surface area contributed by atoms with Gasteiger partial charge in [-0.15, -0.1) is 0 Å². The smallest absolute Gasteiger partial charge is 0.0549 e. The molecule has 0 saturated carbocycles. The first-order valence-corrected chi connectivity index (χ1v) is 14.5. The highest BCUT2D eigenvalue weighted by atomic mass is 15.0. The Morgan fingerprint density at radius 1 is 0.488 bits per heavy atom. The number of rotatable bonds is 5. The van der Waals surface area contributed by atoms with Gasteiger partial charge in [0.2, 0.25) is 0 Å². The summed E-state index contributed by atoms with van der Waals surface area (Å²) in [4.78, 5) is 0. The highest BCUT2D eigenvalue weighted by Crippen LogP contribution is 2.43. The van der Waals surface area contributed by atoms with E-state index in [2.05, 4.69) is 156 Å². The average molecular weight is 527 g/mol. The van der Waals surface area contributed by atoms with Gasteiger partial charge in [-0.25, -0.2) is 0 Å². The first kappa shape index (κ1) is 23.8. The monoisotopic (exact) mass is 526 g/mol. The Balaban J connectivity index is 1.50. The van der Waals surface area contributed by atoms with E-state index in [1.165, 1.54) is 71.7 Å². The lowest BCUT2D eigenvalue weighted by molar-refractivity contribution is 0.922. The first-order chi connectivity index (χ1) is 20.3. The van der Waals surface area contributed by atoms with E-state index in [-0.39, 0.29) is 0 Å². The fourth-order valence-corrected chi connectivity index (χ4v) is 6.73. The van der Waals surface area contributed by atoms with Crippen molar-refractivity contribution in [3.63, 3.8) is 0 Å². The third-order valence-electron chi connectivity index (χ3n) is 8.41. The standard InChI is InChI=1S/C39H30N2/c1-2-13-27-14-12-15-28(26-27)30-18-6-9-21-33(30)41-35-23-11-8-20-32(35)39-37(41)25-24-36-38(39)31-19-7-10-22-34(31)40(36)29-16-4-3-5-17-29/h3-12,14-26H,2,13H2,1H3. The molecule has 0 radical (unpaired) electrons. The van der Waals surface area contributed by atoms with E-state index >= 15 is 0 Å². The van der Waals surface area contributed by atoms with Crippen molar-refractivity contribution in [3.05, 3.63) is 145 Å². The van der Waals surface area contributed by atoms with E-state index in [0.717, 1.165) is 12.8 Å². The lowest BCUT2D eigenvalue weighted by Crippen LogP contribution is -1.97. The summed E-state index contributed by atoms with van der Waals surface area (Å²) >= 11 is 0. The normalized spacial score (nSPS) is 11.7. The lowest BCUT2D eigenvalue weighted by Gasteiger charge is -2.15. The molecule has 0 aliphatic carbocycles. The third kappa shape index (κ3) is 3.64. The molecule has 2 heterocycles. The van der Waals surface area contributed by atoms with Crippen LogP contribution >= 0.6 is 0 Å². The summed E-state index contributed by atoms with van der Waals surface area (Å²) < 4.78 is 4.88. The van der Waals surface area contributed by atoms with Crippen molar-refractivity contribution in [2.75, 3.05) is 0 Å². The van der Waals surface area contributed by atoms with Crippen LogP contribution in [0.15, 0.2) is 140 Å². The van der Waals surface area contributed by atoms with Crippen LogP contribution in [0, 0.1) is 0 Å². The molecule has 8 rings (SSSR count). The number of hydrogen-bond donors (Lipinski definition) is 0. The minimum absolute atomic E-state index is 1.09. The highest BCUT2D eigenvalue weighted by molar-refractivity contribution is 6.29. The first-order valence-electron chi connectivity index (χ1n) is 14.5. The largest absolute Gasteiger partial charge is 0.309 e. The Morgan fingerprint density at radius 2 is 1.10 bits per heavy atom. The second-order valence-corrected chi connectivity index (χ2v) is 10.9. The summed E-state index contributed by atoms with van der Waals surface area (Å²) in [5, 5.41) is 5.16. The Morgan fingerprint density at radius 3 is 1.83 bits per heavy atom. The maximum Gasteiger partial charge on any atom is 0.0549 e. The van der Waals surface area contributed by atoms with Gasteiger partial charge in [0.1, 0.15) is 0 Å². The van der Waals surface area contributed by atoms with Crippen molar-refractivity contribution in [3.8, 4) is 22.5 Å². The Bertz CT molecular complexity index is 2210. The number of aromatic nitrogens is 2. The molecule has 0 atom stereocenters. The van der Waals surface area contributed by atoms with Gasteiger partial charge in [-0.1, -0.05) is 110 Å². The van der Waals surface area contributed by atoms with Gasteiger partial charge in [-0.05, 0) is 60.0 Å². The fraction of sp³-hybridized carbons (Fsp3) is 0.0769. The van der Waals surface area contributed by atoms with Crippen LogP contribution in [0.3, 0.4) is 0 Å². The van der Waals surface area contributed by atoms with Crippen molar-refractivity contribution < 1.29 is 0 Å². The van der Waals surface area contributed by atoms with Crippen molar-refractivity contribution in [1.29, 1.82) is 0 Å². The van der Waals surface area contributed by atoms with Crippen molar-refractivity contribution in [1.82, 2.24) is 9.13 Å². The van der Waals surface area contributed by atoms with Crippen molar-refractivity contribution in [2.24, 2.45) is 0 Å². The summed E-state index contributed by atoms with van der Waals surface area (Å²) in [7, 11) is 0. The van der Waals surface area contributed by atoms with Gasteiger partial charge < -0.3 is 9.13 Å². The van der Waals surface area contributed by atoms with E-state index < -0.39 is 0 Å². The molecule has 0 amide bonds. The highest BCUT2D eigenvalue weighted by Gasteiger charge is 2.21. The zero-order valence-electron chi connectivity index (χ0n) is 23.1. The maximum absolute atomic E-state index is 2.47. The molecule has 0 spiro atoms. The average Bonchev–Trinajstić information content (AvgIpc) is 3.54. The summed E-state index contributed by atoms with van der Waals surface area (Å²) in [6.45, 7) is 2.24. The quantitative estimate of drug-likeness (QED) is 0.211. The molecule has 2 aromatic heterocycles. The van der Waals surface area contributed by atoms with Crippen LogP contribution in [-0.2, 0) is 6.42 Å². The van der Waals surface area contributed by atoms with Crippen molar-refractivity contribution >= 4 is 43.6 Å². The second kappa shape index (κ2) is 9.53. The minimum Gasteiger partial charge on any atom is -0.309 e. The number of hydrogen-bond acceptors (Lipinski definition) is 0. The topological polar surface area (TPSA) is 9.86 Å². The van der Waals surface area contributed by atoms with Crippen LogP contribution in [0.25, 0.3) is 66.1 Å². The predicted molar refractivity (Wildman–Crippen MR) is 175 cm³/mol. The SMILES string of the molecule is CCCc1cccc(-c2ccccc2-n2c3ccccc3c3c4c5ccccc5n(-c5ccccc5)c4ccc32)c1. The van der Waals surface area contributed by atoms with Gasteiger partial charge in [-0.3, -0.25) is 0 Å². The second-order valence-electron chi connectivity index (χ2n) is 10.9. The van der Waals surface area contributed by atoms with Gasteiger partial charge in [0, 0.05) is 32.8 Å². The van der Waals surface area contributed by atoms with E-state index in [9.17, 15) is 0 Å². The van der Waals surface area contributed by atoms with Crippen LogP contribution in [-0.4, -0.2) is 9.13 Å². The fourth-order valence-electron chi connectivity index (χ4n) is 6.73. The number of benzene rings is 6. The number of nitrogens with zero attached hydrogens (tertiary/aromatic N) is 2. The molecule has 0 aliphatic rings. The summed E-state index contributed by atoms with van der Waals surface area (Å²) in [6.07, 6.45) is 2.24. The molecule has 0 aliphatic heterocycles. The lowest BCUT2D eigenvalue weighted by atomic mass is 9.99. The molecule has 196 valence electrons. The maximum atomic E-state index is 2.47. The van der Waals surface area contributed by atoms with Gasteiger partial charge in [0.15, 0.2) is 0 Å². The van der Waals surface area contributed by atoms with E-state index in [0.29, 0.717) is 0 Å². The molecule has 0 unspecified atom stereocenters. The molecular formula is C39H30N2. The summed E-state index contributed by atoms with van der Waals surface area (Å²) in [5.41, 5.74) is 11.2. The van der Waals surface area contributed by atoms with Crippen LogP contribution in [0.2, 0.25) is 0 Å². The zero-order chi connectivity index (χ0) is 27.3. The van der Waals surface area contributed by atoms with Crippen molar-refractivity contribution in [2.45, 2.75) is 19.8 Å². The minimum atomic E-state index is 1.09. The summed E-state index contributed by atoms with van der Waals surface area (Å²) in [5.74, 6) is 0.